The summed E-state index contributed by atoms with van der Waals surface area (Å²) in [5.41, 5.74) is 7.10. The molecule has 3 heterocycles. The Labute approximate surface area is 211 Å². The number of hydrogen-bond acceptors (Lipinski definition) is 6. The predicted octanol–water partition coefficient (Wildman–Crippen LogP) is 5.21. The molecular weight excluding hydrogens is 455 g/mol. The monoisotopic (exact) mass is 488 g/mol. The van der Waals surface area contributed by atoms with Crippen LogP contribution in [0, 0.1) is 6.92 Å². The van der Waals surface area contributed by atoms with Crippen molar-refractivity contribution in [2.45, 2.75) is 46.5 Å². The van der Waals surface area contributed by atoms with Gasteiger partial charge in [-0.1, -0.05) is 25.5 Å². The summed E-state index contributed by atoms with van der Waals surface area (Å²) in [7, 11) is 4.07. The largest absolute Gasteiger partial charge is 0.491 e. The number of fused-ring (bicyclic) bond motifs is 2. The van der Waals surface area contributed by atoms with E-state index in [-0.39, 0.29) is 0 Å². The number of imidazole rings is 1. The highest BCUT2D eigenvalue weighted by Crippen LogP contribution is 2.33. The third-order valence-electron chi connectivity index (χ3n) is 6.53. The van der Waals surface area contributed by atoms with Gasteiger partial charge in [-0.15, -0.1) is 0 Å². The molecule has 2 aromatic carbocycles. The average molecular weight is 489 g/mol. The number of hydrogen-bond donors (Lipinski definition) is 1. The maximum Gasteiger partial charge on any atom is 0.147 e. The van der Waals surface area contributed by atoms with Crippen LogP contribution >= 0.6 is 0 Å². The van der Waals surface area contributed by atoms with Crippen LogP contribution in [-0.4, -0.2) is 52.1 Å². The molecule has 8 heteroatoms. The number of aryl methyl sites for hydroxylation is 1. The van der Waals surface area contributed by atoms with Crippen molar-refractivity contribution in [2.24, 2.45) is 0 Å². The number of nitrogens with zero attached hydrogens (tertiary/aromatic N) is 5. The maximum absolute atomic E-state index is 13.1. The van der Waals surface area contributed by atoms with Gasteiger partial charge in [-0.2, -0.15) is 0 Å². The van der Waals surface area contributed by atoms with Crippen LogP contribution in [0.5, 0.6) is 5.75 Å². The van der Waals surface area contributed by atoms with Crippen LogP contribution in [-0.2, 0) is 26.2 Å². The van der Waals surface area contributed by atoms with Gasteiger partial charge in [0, 0.05) is 23.4 Å². The van der Waals surface area contributed by atoms with Gasteiger partial charge in [0.05, 0.1) is 24.1 Å². The molecule has 7 nitrogen and oxygen atoms in total. The van der Waals surface area contributed by atoms with Gasteiger partial charge in [0.15, 0.2) is 0 Å². The Morgan fingerprint density at radius 1 is 1.08 bits per heavy atom. The smallest absolute Gasteiger partial charge is 0.147 e. The summed E-state index contributed by atoms with van der Waals surface area (Å²) in [6.45, 7) is 6.43. The summed E-state index contributed by atoms with van der Waals surface area (Å²) in [6, 6.07) is 12.3. The zero-order valence-electron chi connectivity index (χ0n) is 21.4. The fraction of sp³-hybridized carbons (Fsp3) is 0.393. The Balaban J connectivity index is 1.51. The number of alkyl halides is 1. The third kappa shape index (κ3) is 4.91. The SMILES string of the molecule is CCCc1c(C)nc(CN(C)C)nc1N1CCOc2ccc(-c3ccc4[nH]c(CF)nc4c3)cc2C1. The molecule has 2 aromatic heterocycles. The normalized spacial score (nSPS) is 13.7. The number of rotatable bonds is 7. The standard InChI is InChI=1S/C28H33FN6O/c1-5-6-22-18(2)30-27(17-34(3)4)33-28(22)35-11-12-36-25-10-8-19(13-21(25)16-35)20-7-9-23-24(14-20)32-26(15-29)31-23/h7-10,13-14H,5-6,11-12,15-17H2,1-4H3,(H,31,32). The average Bonchev–Trinajstić information content (AvgIpc) is 3.16. The third-order valence-corrected chi connectivity index (χ3v) is 6.53. The molecule has 1 aliphatic rings. The molecule has 0 saturated carbocycles. The van der Waals surface area contributed by atoms with E-state index in [1.165, 1.54) is 5.56 Å². The lowest BCUT2D eigenvalue weighted by molar-refractivity contribution is 0.331. The summed E-state index contributed by atoms with van der Waals surface area (Å²) in [6.07, 6.45) is 1.98. The lowest BCUT2D eigenvalue weighted by Crippen LogP contribution is -2.29. The second-order valence-corrected chi connectivity index (χ2v) is 9.66. The minimum Gasteiger partial charge on any atom is -0.491 e. The van der Waals surface area contributed by atoms with E-state index in [0.29, 0.717) is 25.5 Å². The molecule has 0 fully saturated rings. The first kappa shape index (κ1) is 24.2. The number of aromatic amines is 1. The fourth-order valence-corrected chi connectivity index (χ4v) is 4.85. The van der Waals surface area contributed by atoms with E-state index < -0.39 is 6.67 Å². The molecular formula is C28H33FN6O. The van der Waals surface area contributed by atoms with Gasteiger partial charge in [-0.05, 0) is 62.8 Å². The van der Waals surface area contributed by atoms with Crippen LogP contribution in [0.1, 0.15) is 41.8 Å². The molecule has 0 bridgehead atoms. The van der Waals surface area contributed by atoms with Crippen molar-refractivity contribution in [3.63, 3.8) is 0 Å². The minimum absolute atomic E-state index is 0.352. The Bertz CT molecular complexity index is 1380. The van der Waals surface area contributed by atoms with E-state index in [2.05, 4.69) is 45.7 Å². The summed E-state index contributed by atoms with van der Waals surface area (Å²) >= 11 is 0. The van der Waals surface area contributed by atoms with E-state index in [9.17, 15) is 4.39 Å². The zero-order chi connectivity index (χ0) is 25.2. The highest BCUT2D eigenvalue weighted by atomic mass is 19.1. The molecule has 1 N–H and O–H groups in total. The molecule has 0 saturated heterocycles. The molecule has 0 aliphatic carbocycles. The van der Waals surface area contributed by atoms with E-state index in [1.807, 2.05) is 38.4 Å². The number of aromatic nitrogens is 4. The van der Waals surface area contributed by atoms with Gasteiger partial charge >= 0.3 is 0 Å². The Hall–Kier alpha value is -3.52. The molecule has 1 aliphatic heterocycles. The molecule has 0 unspecified atom stereocenters. The van der Waals surface area contributed by atoms with Crippen molar-refractivity contribution in [3.05, 3.63) is 64.9 Å². The van der Waals surface area contributed by atoms with Crippen molar-refractivity contribution >= 4 is 16.9 Å². The quantitative estimate of drug-likeness (QED) is 0.385. The van der Waals surface area contributed by atoms with Gasteiger partial charge in [0.2, 0.25) is 0 Å². The van der Waals surface area contributed by atoms with Crippen LogP contribution < -0.4 is 9.64 Å². The second kappa shape index (κ2) is 10.2. The van der Waals surface area contributed by atoms with Crippen LogP contribution in [0.15, 0.2) is 36.4 Å². The van der Waals surface area contributed by atoms with Crippen LogP contribution in [0.2, 0.25) is 0 Å². The topological polar surface area (TPSA) is 70.2 Å². The Morgan fingerprint density at radius 2 is 1.89 bits per heavy atom. The molecule has 0 radical (unpaired) electrons. The van der Waals surface area contributed by atoms with Gasteiger partial charge in [0.25, 0.3) is 0 Å². The van der Waals surface area contributed by atoms with E-state index in [4.69, 9.17) is 14.7 Å². The summed E-state index contributed by atoms with van der Waals surface area (Å²) in [5, 5.41) is 0. The van der Waals surface area contributed by atoms with E-state index in [0.717, 1.165) is 70.2 Å². The fourth-order valence-electron chi connectivity index (χ4n) is 4.85. The summed E-state index contributed by atoms with van der Waals surface area (Å²) < 4.78 is 19.2. The van der Waals surface area contributed by atoms with Gasteiger partial charge < -0.3 is 19.5 Å². The van der Waals surface area contributed by atoms with Crippen LogP contribution in [0.3, 0.4) is 0 Å². The van der Waals surface area contributed by atoms with Gasteiger partial charge in [0.1, 0.15) is 36.5 Å². The van der Waals surface area contributed by atoms with Crippen molar-refractivity contribution in [2.75, 3.05) is 32.1 Å². The van der Waals surface area contributed by atoms with Crippen LogP contribution in [0.4, 0.5) is 10.2 Å². The number of nitrogens with one attached hydrogen (secondary N) is 1. The molecule has 4 aromatic rings. The molecule has 36 heavy (non-hydrogen) atoms. The first-order chi connectivity index (χ1) is 17.4. The number of H-pyrrole nitrogens is 1. The Kier molecular flexibility index (Phi) is 6.87. The lowest BCUT2D eigenvalue weighted by atomic mass is 10.0. The first-order valence-electron chi connectivity index (χ1n) is 12.5. The second-order valence-electron chi connectivity index (χ2n) is 9.66. The van der Waals surface area contributed by atoms with Crippen molar-refractivity contribution in [3.8, 4) is 16.9 Å². The van der Waals surface area contributed by atoms with Crippen molar-refractivity contribution in [1.82, 2.24) is 24.8 Å². The number of halogens is 1. The zero-order valence-corrected chi connectivity index (χ0v) is 21.4. The van der Waals surface area contributed by atoms with E-state index in [1.54, 1.807) is 0 Å². The van der Waals surface area contributed by atoms with Crippen LogP contribution in [0.25, 0.3) is 22.2 Å². The number of ether oxygens (including phenoxy) is 1. The van der Waals surface area contributed by atoms with Gasteiger partial charge in [-0.3, -0.25) is 0 Å². The molecule has 0 spiro atoms. The first-order valence-corrected chi connectivity index (χ1v) is 12.5. The number of anilines is 1. The molecule has 0 amide bonds. The van der Waals surface area contributed by atoms with Crippen molar-refractivity contribution < 1.29 is 9.13 Å². The molecule has 0 atom stereocenters. The molecule has 188 valence electrons. The summed E-state index contributed by atoms with van der Waals surface area (Å²) in [5.74, 6) is 3.11. The highest BCUT2D eigenvalue weighted by molar-refractivity contribution is 5.82. The predicted molar refractivity (Wildman–Crippen MR) is 141 cm³/mol. The lowest BCUT2D eigenvalue weighted by Gasteiger charge is -2.25. The molecule has 5 rings (SSSR count). The summed E-state index contributed by atoms with van der Waals surface area (Å²) in [4.78, 5) is 21.6. The van der Waals surface area contributed by atoms with Crippen molar-refractivity contribution in [1.29, 1.82) is 0 Å². The van der Waals surface area contributed by atoms with E-state index >= 15 is 0 Å². The Morgan fingerprint density at radius 3 is 2.67 bits per heavy atom. The number of benzene rings is 2. The minimum atomic E-state index is -0.602. The maximum atomic E-state index is 13.1. The highest BCUT2D eigenvalue weighted by Gasteiger charge is 2.22. The van der Waals surface area contributed by atoms with Gasteiger partial charge in [-0.25, -0.2) is 19.3 Å².